The molecule has 0 N–H and O–H groups in total. The zero-order valence-corrected chi connectivity index (χ0v) is 15.1. The first-order chi connectivity index (χ1) is 11.6. The van der Waals surface area contributed by atoms with E-state index in [0.29, 0.717) is 19.6 Å². The molecule has 0 saturated carbocycles. The predicted octanol–water partition coefficient (Wildman–Crippen LogP) is 4.11. The topological polar surface area (TPSA) is 38.8 Å². The van der Waals surface area contributed by atoms with E-state index >= 15 is 0 Å². The van der Waals surface area contributed by atoms with Crippen LogP contribution in [0.4, 0.5) is 0 Å². The quantitative estimate of drug-likeness (QED) is 0.542. The van der Waals surface area contributed by atoms with Gasteiger partial charge in [-0.25, -0.2) is 4.79 Å². The molecule has 2 aliphatic heterocycles. The van der Waals surface area contributed by atoms with E-state index < -0.39 is 0 Å². The molecule has 1 unspecified atom stereocenters. The SMILES string of the molecule is C=CC1=CCOC2CCC(C(=O)OCC)=C(CCC=C(C)C)N2C1. The highest BCUT2D eigenvalue weighted by Crippen LogP contribution is 2.33. The van der Waals surface area contributed by atoms with Crippen LogP contribution in [-0.4, -0.2) is 36.9 Å². The highest BCUT2D eigenvalue weighted by Gasteiger charge is 2.33. The highest BCUT2D eigenvalue weighted by atomic mass is 16.5. The first kappa shape index (κ1) is 18.5. The zero-order chi connectivity index (χ0) is 17.5. The van der Waals surface area contributed by atoms with Crippen molar-refractivity contribution in [2.24, 2.45) is 0 Å². The van der Waals surface area contributed by atoms with Gasteiger partial charge in [-0.1, -0.05) is 30.4 Å². The van der Waals surface area contributed by atoms with E-state index in [1.807, 2.05) is 13.0 Å². The molecular formula is C20H29NO3. The van der Waals surface area contributed by atoms with Crippen LogP contribution in [0.3, 0.4) is 0 Å². The Morgan fingerprint density at radius 3 is 2.96 bits per heavy atom. The number of carbonyl (C=O) groups is 1. The summed E-state index contributed by atoms with van der Waals surface area (Å²) in [7, 11) is 0. The third kappa shape index (κ3) is 4.60. The van der Waals surface area contributed by atoms with Gasteiger partial charge >= 0.3 is 5.97 Å². The van der Waals surface area contributed by atoms with Crippen molar-refractivity contribution >= 4 is 5.97 Å². The van der Waals surface area contributed by atoms with Gasteiger partial charge in [-0.05, 0) is 52.0 Å². The molecule has 0 saturated heterocycles. The molecule has 132 valence electrons. The van der Waals surface area contributed by atoms with Gasteiger partial charge < -0.3 is 14.4 Å². The van der Waals surface area contributed by atoms with E-state index in [1.165, 1.54) is 5.57 Å². The van der Waals surface area contributed by atoms with Crippen LogP contribution in [-0.2, 0) is 14.3 Å². The van der Waals surface area contributed by atoms with Gasteiger partial charge in [0.15, 0.2) is 0 Å². The first-order valence-electron chi connectivity index (χ1n) is 8.79. The summed E-state index contributed by atoms with van der Waals surface area (Å²) in [6.45, 7) is 11.7. The second-order valence-corrected chi connectivity index (χ2v) is 6.40. The van der Waals surface area contributed by atoms with E-state index in [2.05, 4.69) is 37.5 Å². The number of ether oxygens (including phenoxy) is 2. The molecule has 0 aromatic heterocycles. The van der Waals surface area contributed by atoms with Crippen molar-refractivity contribution in [2.75, 3.05) is 19.8 Å². The molecule has 0 fully saturated rings. The molecule has 0 aliphatic carbocycles. The van der Waals surface area contributed by atoms with Gasteiger partial charge in [-0.2, -0.15) is 0 Å². The fourth-order valence-electron chi connectivity index (χ4n) is 3.19. The Labute approximate surface area is 145 Å². The molecular weight excluding hydrogens is 302 g/mol. The third-order valence-electron chi connectivity index (χ3n) is 4.39. The lowest BCUT2D eigenvalue weighted by Crippen LogP contribution is -2.41. The normalized spacial score (nSPS) is 20.7. The van der Waals surface area contributed by atoms with Gasteiger partial charge in [0, 0.05) is 12.2 Å². The molecule has 0 amide bonds. The van der Waals surface area contributed by atoms with Crippen LogP contribution in [0, 0.1) is 0 Å². The van der Waals surface area contributed by atoms with Crippen molar-refractivity contribution in [1.82, 2.24) is 4.90 Å². The van der Waals surface area contributed by atoms with E-state index in [-0.39, 0.29) is 12.2 Å². The number of nitrogens with zero attached hydrogens (tertiary/aromatic N) is 1. The van der Waals surface area contributed by atoms with Gasteiger partial charge in [-0.15, -0.1) is 0 Å². The van der Waals surface area contributed by atoms with E-state index in [9.17, 15) is 4.79 Å². The number of esters is 1. The number of allylic oxidation sites excluding steroid dienone is 3. The van der Waals surface area contributed by atoms with Crippen LogP contribution in [0.2, 0.25) is 0 Å². The predicted molar refractivity (Wildman–Crippen MR) is 96.3 cm³/mol. The van der Waals surface area contributed by atoms with Crippen LogP contribution >= 0.6 is 0 Å². The highest BCUT2D eigenvalue weighted by molar-refractivity contribution is 5.89. The Balaban J connectivity index is 2.32. The van der Waals surface area contributed by atoms with Crippen molar-refractivity contribution in [3.63, 3.8) is 0 Å². The van der Waals surface area contributed by atoms with Crippen LogP contribution < -0.4 is 0 Å². The Morgan fingerprint density at radius 2 is 2.29 bits per heavy atom. The van der Waals surface area contributed by atoms with Crippen LogP contribution in [0.1, 0.15) is 46.5 Å². The van der Waals surface area contributed by atoms with Crippen LogP contribution in [0.25, 0.3) is 0 Å². The molecule has 2 aliphatic rings. The minimum Gasteiger partial charge on any atom is -0.463 e. The molecule has 2 heterocycles. The van der Waals surface area contributed by atoms with Crippen molar-refractivity contribution in [2.45, 2.75) is 52.7 Å². The fraction of sp³-hybridized carbons (Fsp3) is 0.550. The standard InChI is InChI=1S/C20H29NO3/c1-5-16-12-13-24-19-11-10-17(20(22)23-6-2)18(21(19)14-16)9-7-8-15(3)4/h5,8,12,19H,1,6-7,9-11,13-14H2,2-4H3. The Kier molecular flexibility index (Phi) is 6.85. The average Bonchev–Trinajstić information content (AvgIpc) is 2.76. The summed E-state index contributed by atoms with van der Waals surface area (Å²) < 4.78 is 11.3. The average molecular weight is 331 g/mol. The van der Waals surface area contributed by atoms with Crippen molar-refractivity contribution in [1.29, 1.82) is 0 Å². The van der Waals surface area contributed by atoms with Crippen LogP contribution in [0.5, 0.6) is 0 Å². The Bertz CT molecular complexity index is 567. The molecule has 4 nitrogen and oxygen atoms in total. The van der Waals surface area contributed by atoms with Gasteiger partial charge in [0.2, 0.25) is 0 Å². The number of hydrogen-bond donors (Lipinski definition) is 0. The van der Waals surface area contributed by atoms with Gasteiger partial charge in [0.1, 0.15) is 6.23 Å². The van der Waals surface area contributed by atoms with E-state index in [4.69, 9.17) is 9.47 Å². The maximum atomic E-state index is 12.4. The molecule has 0 radical (unpaired) electrons. The lowest BCUT2D eigenvalue weighted by atomic mass is 9.96. The van der Waals surface area contributed by atoms with Crippen LogP contribution in [0.15, 0.2) is 47.2 Å². The van der Waals surface area contributed by atoms with Crippen molar-refractivity contribution in [3.05, 3.63) is 47.2 Å². The molecule has 0 bridgehead atoms. The summed E-state index contributed by atoms with van der Waals surface area (Å²) in [6.07, 6.45) is 9.45. The Morgan fingerprint density at radius 1 is 1.50 bits per heavy atom. The van der Waals surface area contributed by atoms with E-state index in [1.54, 1.807) is 0 Å². The maximum absolute atomic E-state index is 12.4. The third-order valence-corrected chi connectivity index (χ3v) is 4.39. The van der Waals surface area contributed by atoms with Crippen molar-refractivity contribution in [3.8, 4) is 0 Å². The summed E-state index contributed by atoms with van der Waals surface area (Å²) in [5, 5.41) is 0. The fourth-order valence-corrected chi connectivity index (χ4v) is 3.19. The number of hydrogen-bond acceptors (Lipinski definition) is 4. The minimum atomic E-state index is -0.184. The molecule has 0 aromatic carbocycles. The molecule has 24 heavy (non-hydrogen) atoms. The lowest BCUT2D eigenvalue weighted by Gasteiger charge is -2.39. The largest absolute Gasteiger partial charge is 0.463 e. The molecule has 2 rings (SSSR count). The van der Waals surface area contributed by atoms with Gasteiger partial charge in [-0.3, -0.25) is 0 Å². The number of fused-ring (bicyclic) bond motifs is 1. The molecule has 4 heteroatoms. The smallest absolute Gasteiger partial charge is 0.335 e. The summed E-state index contributed by atoms with van der Waals surface area (Å²) in [5.41, 5.74) is 4.31. The first-order valence-corrected chi connectivity index (χ1v) is 8.79. The monoisotopic (exact) mass is 331 g/mol. The number of carbonyl (C=O) groups excluding carboxylic acids is 1. The van der Waals surface area contributed by atoms with Crippen molar-refractivity contribution < 1.29 is 14.3 Å². The minimum absolute atomic E-state index is 0.0265. The maximum Gasteiger partial charge on any atom is 0.335 e. The Hall–Kier alpha value is -1.81. The molecule has 1 atom stereocenters. The summed E-state index contributed by atoms with van der Waals surface area (Å²) in [4.78, 5) is 14.7. The number of rotatable bonds is 6. The summed E-state index contributed by atoms with van der Waals surface area (Å²) in [5.74, 6) is -0.184. The lowest BCUT2D eigenvalue weighted by molar-refractivity contribution is -0.139. The van der Waals surface area contributed by atoms with E-state index in [0.717, 1.165) is 42.7 Å². The molecule has 0 aromatic rings. The summed E-state index contributed by atoms with van der Waals surface area (Å²) in [6, 6.07) is 0. The molecule has 0 spiro atoms. The second kappa shape index (κ2) is 8.88. The van der Waals surface area contributed by atoms with Gasteiger partial charge in [0.25, 0.3) is 0 Å². The second-order valence-electron chi connectivity index (χ2n) is 6.40. The van der Waals surface area contributed by atoms with Gasteiger partial charge in [0.05, 0.1) is 18.8 Å². The zero-order valence-electron chi connectivity index (χ0n) is 15.1. The summed E-state index contributed by atoms with van der Waals surface area (Å²) >= 11 is 0.